The van der Waals surface area contributed by atoms with Gasteiger partial charge in [0.15, 0.2) is 0 Å². The van der Waals surface area contributed by atoms with Crippen molar-refractivity contribution < 1.29 is 33.4 Å². The van der Waals surface area contributed by atoms with E-state index in [4.69, 9.17) is 23.5 Å². The van der Waals surface area contributed by atoms with Crippen LogP contribution in [0.5, 0.6) is 0 Å². The van der Waals surface area contributed by atoms with Crippen molar-refractivity contribution in [3.8, 4) is 0 Å². The first-order valence-corrected chi connectivity index (χ1v) is 11.3. The Labute approximate surface area is 157 Å². The van der Waals surface area contributed by atoms with E-state index >= 15 is 0 Å². The Morgan fingerprint density at radius 1 is 0.846 bits per heavy atom. The van der Waals surface area contributed by atoms with Crippen LogP contribution in [0.15, 0.2) is 0 Å². The highest BCUT2D eigenvalue weighted by atomic mass is 28.4. The van der Waals surface area contributed by atoms with E-state index in [9.17, 15) is 9.90 Å². The first-order valence-electron chi connectivity index (χ1n) is 9.32. The number of rotatable bonds is 17. The normalized spacial score (nSPS) is 11.9. The molecule has 10 heteroatoms. The van der Waals surface area contributed by atoms with Crippen LogP contribution in [0.1, 0.15) is 27.2 Å². The van der Waals surface area contributed by atoms with Crippen molar-refractivity contribution in [2.24, 2.45) is 0 Å². The SMILES string of the molecule is CCO[Si](CCCN(CCN(CCO)CCO)C(=O)O)(OCC)OCC. The van der Waals surface area contributed by atoms with Gasteiger partial charge in [0.25, 0.3) is 0 Å². The highest BCUT2D eigenvalue weighted by Crippen LogP contribution is 2.18. The number of nitrogens with zero attached hydrogens (tertiary/aromatic N) is 2. The second-order valence-electron chi connectivity index (χ2n) is 5.64. The summed E-state index contributed by atoms with van der Waals surface area (Å²) < 4.78 is 17.3. The van der Waals surface area contributed by atoms with E-state index in [0.717, 1.165) is 0 Å². The lowest BCUT2D eigenvalue weighted by atomic mass is 10.4. The van der Waals surface area contributed by atoms with Gasteiger partial charge in [-0.25, -0.2) is 4.79 Å². The molecule has 0 aliphatic carbocycles. The molecule has 0 aromatic rings. The van der Waals surface area contributed by atoms with Crippen molar-refractivity contribution in [3.05, 3.63) is 0 Å². The summed E-state index contributed by atoms with van der Waals surface area (Å²) in [7, 11) is -2.76. The summed E-state index contributed by atoms with van der Waals surface area (Å²) in [6.45, 7) is 9.01. The summed E-state index contributed by atoms with van der Waals surface area (Å²) in [5, 5.41) is 27.5. The standard InChI is InChI=1S/C16H36N2O7Si/c1-4-23-26(24-5-2,25-6-3)15-7-8-18(16(21)22)10-9-17(11-13-19)12-14-20/h19-20H,4-15H2,1-3H3,(H,21,22). The van der Waals surface area contributed by atoms with Crippen molar-refractivity contribution in [1.82, 2.24) is 9.80 Å². The molecule has 9 nitrogen and oxygen atoms in total. The second-order valence-corrected chi connectivity index (χ2v) is 8.38. The Kier molecular flexibility index (Phi) is 14.9. The molecule has 0 saturated heterocycles. The number of aliphatic hydroxyl groups is 2. The number of hydrogen-bond acceptors (Lipinski definition) is 7. The maximum atomic E-state index is 11.5. The van der Waals surface area contributed by atoms with Crippen molar-refractivity contribution in [2.75, 3.05) is 65.8 Å². The monoisotopic (exact) mass is 396 g/mol. The van der Waals surface area contributed by atoms with Gasteiger partial charge in [-0.2, -0.15) is 0 Å². The number of hydrogen-bond donors (Lipinski definition) is 3. The molecule has 0 radical (unpaired) electrons. The molecule has 0 aromatic carbocycles. The van der Waals surface area contributed by atoms with Crippen LogP contribution in [-0.4, -0.2) is 106 Å². The Balaban J connectivity index is 4.62. The lowest BCUT2D eigenvalue weighted by molar-refractivity contribution is 0.0692. The quantitative estimate of drug-likeness (QED) is 0.308. The summed E-state index contributed by atoms with van der Waals surface area (Å²) in [5.74, 6) is 0. The van der Waals surface area contributed by atoms with Crippen LogP contribution in [0.3, 0.4) is 0 Å². The summed E-state index contributed by atoms with van der Waals surface area (Å²) in [6, 6.07) is 0.559. The van der Waals surface area contributed by atoms with Crippen LogP contribution in [0.4, 0.5) is 4.79 Å². The summed E-state index contributed by atoms with van der Waals surface area (Å²) in [5.41, 5.74) is 0. The predicted molar refractivity (Wildman–Crippen MR) is 100 cm³/mol. The summed E-state index contributed by atoms with van der Waals surface area (Å²) in [4.78, 5) is 14.7. The Morgan fingerprint density at radius 2 is 1.35 bits per heavy atom. The molecule has 0 unspecified atom stereocenters. The minimum atomic E-state index is -2.76. The number of amides is 1. The smallest absolute Gasteiger partial charge is 0.465 e. The maximum absolute atomic E-state index is 11.5. The molecular weight excluding hydrogens is 360 g/mol. The van der Waals surface area contributed by atoms with Gasteiger partial charge >= 0.3 is 14.9 Å². The van der Waals surface area contributed by atoms with Gasteiger partial charge in [0.1, 0.15) is 0 Å². The minimum absolute atomic E-state index is 0.0295. The molecule has 0 saturated carbocycles. The fraction of sp³-hybridized carbons (Fsp3) is 0.938. The number of carbonyl (C=O) groups is 1. The summed E-state index contributed by atoms with van der Waals surface area (Å²) >= 11 is 0. The molecule has 0 aliphatic rings. The van der Waals surface area contributed by atoms with Gasteiger partial charge < -0.3 is 33.5 Å². The largest absolute Gasteiger partial charge is 0.500 e. The molecule has 0 aromatic heterocycles. The van der Waals surface area contributed by atoms with E-state index in [1.807, 2.05) is 25.7 Å². The minimum Gasteiger partial charge on any atom is -0.465 e. The summed E-state index contributed by atoms with van der Waals surface area (Å²) in [6.07, 6.45) is -0.409. The lowest BCUT2D eigenvalue weighted by Crippen LogP contribution is -2.47. The van der Waals surface area contributed by atoms with Gasteiger partial charge in [-0.3, -0.25) is 4.90 Å². The molecule has 0 bridgehead atoms. The first kappa shape index (κ1) is 25.2. The van der Waals surface area contributed by atoms with Gasteiger partial charge in [0.05, 0.1) is 13.2 Å². The highest BCUT2D eigenvalue weighted by molar-refractivity contribution is 6.60. The molecule has 1 amide bonds. The Bertz CT molecular complexity index is 340. The van der Waals surface area contributed by atoms with Gasteiger partial charge in [0, 0.05) is 58.6 Å². The zero-order valence-electron chi connectivity index (χ0n) is 16.4. The van der Waals surface area contributed by atoms with Crippen LogP contribution in [0, 0.1) is 0 Å². The van der Waals surface area contributed by atoms with Gasteiger partial charge in [0.2, 0.25) is 0 Å². The fourth-order valence-corrected chi connectivity index (χ4v) is 5.26. The Morgan fingerprint density at radius 3 is 1.73 bits per heavy atom. The van der Waals surface area contributed by atoms with Gasteiger partial charge in [-0.1, -0.05) is 0 Å². The third-order valence-electron chi connectivity index (χ3n) is 3.79. The first-order chi connectivity index (χ1) is 12.5. The van der Waals surface area contributed by atoms with Gasteiger partial charge in [-0.15, -0.1) is 0 Å². The number of carboxylic acid groups (broad SMARTS) is 1. The van der Waals surface area contributed by atoms with Crippen LogP contribution in [0.25, 0.3) is 0 Å². The molecule has 26 heavy (non-hydrogen) atoms. The average molecular weight is 397 g/mol. The molecule has 0 rings (SSSR count). The van der Waals surface area contributed by atoms with Crippen molar-refractivity contribution in [1.29, 1.82) is 0 Å². The third kappa shape index (κ3) is 10.4. The van der Waals surface area contributed by atoms with E-state index in [-0.39, 0.29) is 13.2 Å². The van der Waals surface area contributed by atoms with Crippen molar-refractivity contribution in [2.45, 2.75) is 33.2 Å². The maximum Gasteiger partial charge on any atom is 0.500 e. The Hall–Kier alpha value is -0.753. The van der Waals surface area contributed by atoms with E-state index in [2.05, 4.69) is 0 Å². The van der Waals surface area contributed by atoms with Crippen LogP contribution < -0.4 is 0 Å². The molecule has 0 spiro atoms. The van der Waals surface area contributed by atoms with E-state index in [1.54, 1.807) is 0 Å². The van der Waals surface area contributed by atoms with Crippen LogP contribution in [-0.2, 0) is 13.3 Å². The fourth-order valence-electron chi connectivity index (χ4n) is 2.67. The van der Waals surface area contributed by atoms with Crippen LogP contribution in [0.2, 0.25) is 6.04 Å². The molecule has 0 heterocycles. The topological polar surface area (TPSA) is 112 Å². The molecule has 3 N–H and O–H groups in total. The molecule has 0 atom stereocenters. The molecular formula is C16H36N2O7Si. The highest BCUT2D eigenvalue weighted by Gasteiger charge is 2.39. The molecule has 0 fully saturated rings. The van der Waals surface area contributed by atoms with Crippen molar-refractivity contribution in [3.63, 3.8) is 0 Å². The predicted octanol–water partition coefficient (Wildman–Crippen LogP) is 0.692. The molecule has 156 valence electrons. The average Bonchev–Trinajstić information content (AvgIpc) is 2.58. The molecule has 0 aliphatic heterocycles. The van der Waals surface area contributed by atoms with Gasteiger partial charge in [-0.05, 0) is 27.2 Å². The number of aliphatic hydroxyl groups excluding tert-OH is 2. The zero-order valence-corrected chi connectivity index (χ0v) is 17.4. The second kappa shape index (κ2) is 15.3. The lowest BCUT2D eigenvalue weighted by Gasteiger charge is -2.29. The van der Waals surface area contributed by atoms with Crippen molar-refractivity contribution >= 4 is 14.9 Å². The van der Waals surface area contributed by atoms with E-state index in [1.165, 1.54) is 4.90 Å². The van der Waals surface area contributed by atoms with Crippen LogP contribution >= 0.6 is 0 Å². The zero-order chi connectivity index (χ0) is 19.8. The van der Waals surface area contributed by atoms with E-state index in [0.29, 0.717) is 65.0 Å². The van der Waals surface area contributed by atoms with E-state index < -0.39 is 14.9 Å². The third-order valence-corrected chi connectivity index (χ3v) is 6.94.